The second kappa shape index (κ2) is 12.6. The van der Waals surface area contributed by atoms with Gasteiger partial charge < -0.3 is 20.1 Å². The summed E-state index contributed by atoms with van der Waals surface area (Å²) in [7, 11) is 1.48. The van der Waals surface area contributed by atoms with Crippen LogP contribution in [0.25, 0.3) is 6.08 Å². The number of nitriles is 1. The van der Waals surface area contributed by atoms with Crippen LogP contribution in [-0.2, 0) is 16.1 Å². The van der Waals surface area contributed by atoms with E-state index >= 15 is 0 Å². The van der Waals surface area contributed by atoms with Gasteiger partial charge in [-0.25, -0.2) is 0 Å². The summed E-state index contributed by atoms with van der Waals surface area (Å²) in [6.07, 6.45) is 1.49. The van der Waals surface area contributed by atoms with Crippen LogP contribution in [0.15, 0.2) is 72.3 Å². The maximum atomic E-state index is 12.5. The lowest BCUT2D eigenvalue weighted by molar-refractivity contribution is -0.118. The highest BCUT2D eigenvalue weighted by molar-refractivity contribution is 14.1. The summed E-state index contributed by atoms with van der Waals surface area (Å²) < 4.78 is 11.8. The number of hydrogen-bond donors (Lipinski definition) is 2. The van der Waals surface area contributed by atoms with Crippen LogP contribution < -0.4 is 20.1 Å². The Kier molecular flexibility index (Phi) is 9.26. The van der Waals surface area contributed by atoms with E-state index < -0.39 is 5.91 Å². The van der Waals surface area contributed by atoms with Gasteiger partial charge >= 0.3 is 0 Å². The Hall–Kier alpha value is -3.84. The Morgan fingerprint density at radius 1 is 1.09 bits per heavy atom. The monoisotopic (exact) mass is 581 g/mol. The molecule has 0 heterocycles. The fourth-order valence-corrected chi connectivity index (χ4v) is 3.90. The fraction of sp³-hybridized carbons (Fsp3) is 0.148. The number of carbonyl (C=O) groups excluding carboxylic acids is 2. The van der Waals surface area contributed by atoms with Crippen molar-refractivity contribution in [1.82, 2.24) is 5.32 Å². The fourth-order valence-electron chi connectivity index (χ4n) is 3.12. The third kappa shape index (κ3) is 7.58. The molecular formula is C27H24IN3O4. The predicted molar refractivity (Wildman–Crippen MR) is 143 cm³/mol. The zero-order valence-corrected chi connectivity index (χ0v) is 21.5. The van der Waals surface area contributed by atoms with Gasteiger partial charge in [-0.3, -0.25) is 9.59 Å². The summed E-state index contributed by atoms with van der Waals surface area (Å²) in [4.78, 5) is 24.8. The molecule has 0 atom stereocenters. The van der Waals surface area contributed by atoms with Gasteiger partial charge in [0, 0.05) is 12.2 Å². The van der Waals surface area contributed by atoms with E-state index in [0.717, 1.165) is 11.1 Å². The van der Waals surface area contributed by atoms with E-state index in [2.05, 4.69) is 33.2 Å². The number of anilines is 1. The summed E-state index contributed by atoms with van der Waals surface area (Å²) in [6.45, 7) is 2.08. The van der Waals surface area contributed by atoms with Crippen molar-refractivity contribution >= 4 is 46.2 Å². The number of carbonyl (C=O) groups is 2. The summed E-state index contributed by atoms with van der Waals surface area (Å²) in [5.41, 5.74) is 3.27. The number of nitrogens with one attached hydrogen (secondary N) is 2. The first-order valence-corrected chi connectivity index (χ1v) is 11.8. The molecule has 3 aromatic rings. The molecule has 0 saturated heterocycles. The predicted octanol–water partition coefficient (Wildman–Crippen LogP) is 4.85. The van der Waals surface area contributed by atoms with E-state index in [1.807, 2.05) is 67.6 Å². The zero-order valence-electron chi connectivity index (χ0n) is 19.3. The molecular weight excluding hydrogens is 557 g/mol. The topological polar surface area (TPSA) is 100 Å². The minimum atomic E-state index is -0.474. The van der Waals surface area contributed by atoms with Crippen LogP contribution in [0.2, 0.25) is 0 Å². The largest absolute Gasteiger partial charge is 0.493 e. The van der Waals surface area contributed by atoms with Crippen LogP contribution in [0.4, 0.5) is 5.69 Å². The van der Waals surface area contributed by atoms with E-state index in [0.29, 0.717) is 32.9 Å². The number of aryl methyl sites for hydroxylation is 1. The molecule has 0 spiro atoms. The molecule has 0 radical (unpaired) electrons. The van der Waals surface area contributed by atoms with Crippen molar-refractivity contribution in [3.8, 4) is 17.6 Å². The van der Waals surface area contributed by atoms with Crippen molar-refractivity contribution in [3.63, 3.8) is 0 Å². The zero-order chi connectivity index (χ0) is 25.2. The van der Waals surface area contributed by atoms with Crippen LogP contribution in [0.1, 0.15) is 16.7 Å². The molecule has 0 unspecified atom stereocenters. The number of ether oxygens (including phenoxy) is 2. The normalized spacial score (nSPS) is 10.7. The summed E-state index contributed by atoms with van der Waals surface area (Å²) >= 11 is 2.06. The van der Waals surface area contributed by atoms with Crippen molar-refractivity contribution in [1.29, 1.82) is 5.26 Å². The number of rotatable bonds is 9. The molecule has 8 heteroatoms. The van der Waals surface area contributed by atoms with Gasteiger partial charge in [0.15, 0.2) is 18.1 Å². The highest BCUT2D eigenvalue weighted by Crippen LogP contribution is 2.34. The van der Waals surface area contributed by atoms with Crippen molar-refractivity contribution in [3.05, 3.63) is 92.6 Å². The first-order chi connectivity index (χ1) is 16.9. The molecule has 0 fully saturated rings. The molecule has 35 heavy (non-hydrogen) atoms. The van der Waals surface area contributed by atoms with Gasteiger partial charge in [-0.2, -0.15) is 5.26 Å². The third-order valence-electron chi connectivity index (χ3n) is 4.91. The standard InChI is InChI=1S/C27H24IN3O4/c1-18-8-10-22(11-9-18)31-25(32)17-35-26-23(28)13-20(14-24(26)34-2)12-21(15-29)27(33)30-16-19-6-4-3-5-7-19/h3-14H,16-17H2,1-2H3,(H,30,33)(H,31,32)/b21-12+. The lowest BCUT2D eigenvalue weighted by Crippen LogP contribution is -2.23. The molecule has 0 saturated carbocycles. The number of methoxy groups -OCH3 is 1. The van der Waals surface area contributed by atoms with Crippen molar-refractivity contribution in [2.24, 2.45) is 0 Å². The van der Waals surface area contributed by atoms with Gasteiger partial charge in [0.2, 0.25) is 0 Å². The number of halogens is 1. The molecule has 0 aliphatic carbocycles. The van der Waals surface area contributed by atoms with Gasteiger partial charge in [-0.05, 0) is 71.0 Å². The molecule has 0 aliphatic heterocycles. The van der Waals surface area contributed by atoms with E-state index in [1.54, 1.807) is 12.1 Å². The summed E-state index contributed by atoms with van der Waals surface area (Å²) in [5, 5.41) is 15.0. The summed E-state index contributed by atoms with van der Waals surface area (Å²) in [5.74, 6) is 0.000533. The molecule has 3 aromatic carbocycles. The minimum Gasteiger partial charge on any atom is -0.493 e. The van der Waals surface area contributed by atoms with Gasteiger partial charge in [-0.1, -0.05) is 48.0 Å². The lowest BCUT2D eigenvalue weighted by atomic mass is 10.1. The Balaban J connectivity index is 1.68. The Morgan fingerprint density at radius 3 is 2.46 bits per heavy atom. The quantitative estimate of drug-likeness (QED) is 0.214. The highest BCUT2D eigenvalue weighted by atomic mass is 127. The molecule has 0 aliphatic rings. The van der Waals surface area contributed by atoms with Crippen LogP contribution >= 0.6 is 22.6 Å². The molecule has 2 amide bonds. The average Bonchev–Trinajstić information content (AvgIpc) is 2.86. The number of nitrogens with zero attached hydrogens (tertiary/aromatic N) is 1. The first kappa shape index (κ1) is 25.8. The van der Waals surface area contributed by atoms with Crippen molar-refractivity contribution < 1.29 is 19.1 Å². The molecule has 3 rings (SSSR count). The van der Waals surface area contributed by atoms with Gasteiger partial charge in [0.25, 0.3) is 11.8 Å². The SMILES string of the molecule is COc1cc(/C=C(\C#N)C(=O)NCc2ccccc2)cc(I)c1OCC(=O)Nc1ccc(C)cc1. The lowest BCUT2D eigenvalue weighted by Gasteiger charge is -2.14. The van der Waals surface area contributed by atoms with E-state index in [1.165, 1.54) is 13.2 Å². The molecule has 2 N–H and O–H groups in total. The van der Waals surface area contributed by atoms with Crippen LogP contribution in [0.3, 0.4) is 0 Å². The van der Waals surface area contributed by atoms with Gasteiger partial charge in [0.05, 0.1) is 10.7 Å². The third-order valence-corrected chi connectivity index (χ3v) is 5.71. The number of benzene rings is 3. The minimum absolute atomic E-state index is 0.0371. The maximum absolute atomic E-state index is 12.5. The highest BCUT2D eigenvalue weighted by Gasteiger charge is 2.15. The van der Waals surface area contributed by atoms with Gasteiger partial charge in [0.1, 0.15) is 11.6 Å². The molecule has 7 nitrogen and oxygen atoms in total. The molecule has 178 valence electrons. The average molecular weight is 581 g/mol. The second-order valence-corrected chi connectivity index (χ2v) is 8.74. The number of amides is 2. The Morgan fingerprint density at radius 2 is 1.80 bits per heavy atom. The summed E-state index contributed by atoms with van der Waals surface area (Å²) in [6, 6.07) is 22.2. The van der Waals surface area contributed by atoms with Crippen LogP contribution in [0.5, 0.6) is 11.5 Å². The second-order valence-electron chi connectivity index (χ2n) is 7.58. The van der Waals surface area contributed by atoms with E-state index in [-0.39, 0.29) is 18.1 Å². The van der Waals surface area contributed by atoms with Gasteiger partial charge in [-0.15, -0.1) is 0 Å². The maximum Gasteiger partial charge on any atom is 0.262 e. The van der Waals surface area contributed by atoms with Crippen molar-refractivity contribution in [2.45, 2.75) is 13.5 Å². The van der Waals surface area contributed by atoms with E-state index in [9.17, 15) is 14.9 Å². The Labute approximate surface area is 217 Å². The van der Waals surface area contributed by atoms with Crippen molar-refractivity contribution in [2.75, 3.05) is 19.0 Å². The van der Waals surface area contributed by atoms with Crippen LogP contribution in [-0.4, -0.2) is 25.5 Å². The molecule has 0 aromatic heterocycles. The first-order valence-electron chi connectivity index (χ1n) is 10.7. The Bertz CT molecular complexity index is 1270. The van der Waals surface area contributed by atoms with E-state index in [4.69, 9.17) is 9.47 Å². The number of hydrogen-bond acceptors (Lipinski definition) is 5. The molecule has 0 bridgehead atoms. The van der Waals surface area contributed by atoms with Crippen LogP contribution in [0, 0.1) is 21.8 Å². The smallest absolute Gasteiger partial charge is 0.262 e.